The number of methoxy groups -OCH3 is 2. The lowest BCUT2D eigenvalue weighted by atomic mass is 9.83. The molecule has 1 fully saturated rings. The van der Waals surface area contributed by atoms with Crippen molar-refractivity contribution in [1.82, 2.24) is 14.8 Å². The number of carbonyl (C=O) groups is 1. The second-order valence-electron chi connectivity index (χ2n) is 7.40. The van der Waals surface area contributed by atoms with E-state index in [4.69, 9.17) is 21.7 Å². The summed E-state index contributed by atoms with van der Waals surface area (Å²) in [5.41, 5.74) is 1.40. The van der Waals surface area contributed by atoms with Crippen LogP contribution < -0.4 is 20.3 Å². The van der Waals surface area contributed by atoms with Gasteiger partial charge in [-0.3, -0.25) is 14.9 Å². The molecule has 2 atom stereocenters. The van der Waals surface area contributed by atoms with Crippen molar-refractivity contribution in [3.8, 4) is 11.5 Å². The molecule has 1 saturated heterocycles. The predicted molar refractivity (Wildman–Crippen MR) is 113 cm³/mol. The van der Waals surface area contributed by atoms with Gasteiger partial charge in [0.15, 0.2) is 5.11 Å². The molecule has 2 aliphatic heterocycles. The predicted octanol–water partition coefficient (Wildman–Crippen LogP) is 2.00. The minimum absolute atomic E-state index is 0.0461. The monoisotopic (exact) mass is 413 g/mol. The summed E-state index contributed by atoms with van der Waals surface area (Å²) in [5.74, 6) is 1.02. The van der Waals surface area contributed by atoms with E-state index in [2.05, 4.69) is 5.32 Å². The molecule has 0 spiro atoms. The maximum Gasteiger partial charge on any atom is 0.264 e. The number of likely N-dealkylation sites (tertiary alicyclic amines) is 1. The van der Waals surface area contributed by atoms with Crippen molar-refractivity contribution in [3.05, 3.63) is 58.0 Å². The molecule has 8 heteroatoms. The summed E-state index contributed by atoms with van der Waals surface area (Å²) in [6.45, 7) is 2.06. The van der Waals surface area contributed by atoms with Crippen molar-refractivity contribution in [3.63, 3.8) is 0 Å². The summed E-state index contributed by atoms with van der Waals surface area (Å²) in [5, 5.41) is 3.21. The summed E-state index contributed by atoms with van der Waals surface area (Å²) in [4.78, 5) is 27.1. The van der Waals surface area contributed by atoms with Crippen molar-refractivity contribution >= 4 is 23.2 Å². The third kappa shape index (κ3) is 3.60. The van der Waals surface area contributed by atoms with Crippen LogP contribution in [0.15, 0.2) is 41.2 Å². The minimum Gasteiger partial charge on any atom is -0.496 e. The molecule has 0 unspecified atom stereocenters. The average Bonchev–Trinajstić information content (AvgIpc) is 2.73. The number of carbonyl (C=O) groups excluding carboxylic acids is 1. The topological polar surface area (TPSA) is 72.8 Å². The Hall–Kier alpha value is -2.87. The van der Waals surface area contributed by atoms with Crippen molar-refractivity contribution in [2.45, 2.75) is 18.9 Å². The normalized spacial score (nSPS) is 19.9. The van der Waals surface area contributed by atoms with E-state index in [0.29, 0.717) is 47.7 Å². The van der Waals surface area contributed by atoms with Crippen molar-refractivity contribution in [2.24, 2.45) is 5.92 Å². The van der Waals surface area contributed by atoms with Crippen molar-refractivity contribution < 1.29 is 14.3 Å². The first-order valence-electron chi connectivity index (χ1n) is 9.52. The highest BCUT2D eigenvalue weighted by molar-refractivity contribution is 7.80. The van der Waals surface area contributed by atoms with Crippen LogP contribution in [-0.4, -0.2) is 47.8 Å². The first kappa shape index (κ1) is 19.4. The molecule has 152 valence electrons. The maximum atomic E-state index is 12.9. The molecular weight excluding hydrogens is 390 g/mol. The van der Waals surface area contributed by atoms with Crippen molar-refractivity contribution in [2.75, 3.05) is 27.3 Å². The Balaban J connectivity index is 1.52. The Kier molecular flexibility index (Phi) is 5.27. The van der Waals surface area contributed by atoms with E-state index in [1.807, 2.05) is 21.6 Å². The molecule has 1 aromatic heterocycles. The Bertz CT molecular complexity index is 997. The zero-order valence-corrected chi connectivity index (χ0v) is 17.2. The Morgan fingerprint density at radius 3 is 2.45 bits per heavy atom. The van der Waals surface area contributed by atoms with Gasteiger partial charge in [-0.2, -0.15) is 0 Å². The molecule has 1 amide bonds. The fourth-order valence-electron chi connectivity index (χ4n) is 4.38. The van der Waals surface area contributed by atoms with Crippen LogP contribution in [0.5, 0.6) is 11.5 Å². The Labute approximate surface area is 174 Å². The van der Waals surface area contributed by atoms with Gasteiger partial charge in [0.1, 0.15) is 17.1 Å². The van der Waals surface area contributed by atoms with Gasteiger partial charge in [0.25, 0.3) is 11.5 Å². The fourth-order valence-corrected chi connectivity index (χ4v) is 4.62. The van der Waals surface area contributed by atoms with Crippen LogP contribution in [0, 0.1) is 5.92 Å². The van der Waals surface area contributed by atoms with Crippen LogP contribution >= 0.6 is 12.2 Å². The summed E-state index contributed by atoms with van der Waals surface area (Å²) < 4.78 is 12.5. The molecule has 7 nitrogen and oxygen atoms in total. The SMILES string of the molecule is COc1cccc(OC)c1C(=O)NC(=S)N1C[C@H]2C[C@H](C1)c1cccc(=O)n1C2. The number of rotatable bonds is 3. The maximum absolute atomic E-state index is 12.9. The van der Waals surface area contributed by atoms with E-state index >= 15 is 0 Å². The van der Waals surface area contributed by atoms with Crippen LogP contribution in [0.25, 0.3) is 0 Å². The number of benzene rings is 1. The van der Waals surface area contributed by atoms with Crippen molar-refractivity contribution in [1.29, 1.82) is 0 Å². The van der Waals surface area contributed by atoms with Crippen LogP contribution in [0.2, 0.25) is 0 Å². The Morgan fingerprint density at radius 2 is 1.76 bits per heavy atom. The number of nitrogens with one attached hydrogen (secondary N) is 1. The smallest absolute Gasteiger partial charge is 0.264 e. The molecule has 4 rings (SSSR count). The van der Waals surface area contributed by atoms with Gasteiger partial charge in [0.05, 0.1) is 14.2 Å². The number of nitrogens with zero attached hydrogens (tertiary/aromatic N) is 2. The number of pyridine rings is 1. The molecule has 2 aromatic rings. The van der Waals surface area contributed by atoms with Crippen LogP contribution in [0.3, 0.4) is 0 Å². The molecular formula is C21H23N3O4S. The zero-order chi connectivity index (χ0) is 20.5. The number of aromatic nitrogens is 1. The summed E-state index contributed by atoms with van der Waals surface area (Å²) in [6.07, 6.45) is 1.02. The minimum atomic E-state index is -0.364. The van der Waals surface area contributed by atoms with Gasteiger partial charge in [0.2, 0.25) is 0 Å². The highest BCUT2D eigenvalue weighted by Gasteiger charge is 2.35. The van der Waals surface area contributed by atoms with E-state index in [0.717, 1.165) is 12.1 Å². The lowest BCUT2D eigenvalue weighted by molar-refractivity contribution is 0.0961. The van der Waals surface area contributed by atoms with Gasteiger partial charge in [-0.05, 0) is 42.8 Å². The van der Waals surface area contributed by atoms with Crippen LogP contribution in [0.4, 0.5) is 0 Å². The number of piperidine rings is 1. The molecule has 3 heterocycles. The molecule has 2 bridgehead atoms. The molecule has 1 N–H and O–H groups in total. The number of thiocarbonyl (C=S) groups is 1. The van der Waals surface area contributed by atoms with Gasteiger partial charge in [-0.15, -0.1) is 0 Å². The van der Waals surface area contributed by atoms with E-state index in [1.165, 1.54) is 14.2 Å². The zero-order valence-electron chi connectivity index (χ0n) is 16.4. The van der Waals surface area contributed by atoms with Gasteiger partial charge >= 0.3 is 0 Å². The molecule has 2 aliphatic rings. The standard InChI is InChI=1S/C21H23N3O4S/c1-27-16-6-4-7-17(28-2)19(16)20(26)22-21(29)23-10-13-9-14(12-23)15-5-3-8-18(25)24(15)11-13/h3-8,13-14H,9-12H2,1-2H3,(H,22,26,29)/t13-,14-/m1/s1. The fraction of sp³-hybridized carbons (Fsp3) is 0.381. The number of fused-ring (bicyclic) bond motifs is 4. The molecule has 29 heavy (non-hydrogen) atoms. The lowest BCUT2D eigenvalue weighted by Crippen LogP contribution is -2.52. The number of ether oxygens (including phenoxy) is 2. The molecule has 1 aromatic carbocycles. The highest BCUT2D eigenvalue weighted by Crippen LogP contribution is 2.35. The third-order valence-corrected chi connectivity index (χ3v) is 6.00. The first-order chi connectivity index (χ1) is 14.0. The van der Waals surface area contributed by atoms with Gasteiger partial charge in [-0.25, -0.2) is 0 Å². The van der Waals surface area contributed by atoms with Gasteiger partial charge in [0, 0.05) is 37.3 Å². The summed E-state index contributed by atoms with van der Waals surface area (Å²) in [6, 6.07) is 10.6. The quantitative estimate of drug-likeness (QED) is 0.776. The molecule has 0 aliphatic carbocycles. The summed E-state index contributed by atoms with van der Waals surface area (Å²) >= 11 is 5.56. The number of hydrogen-bond donors (Lipinski definition) is 1. The number of hydrogen-bond acceptors (Lipinski definition) is 5. The highest BCUT2D eigenvalue weighted by atomic mass is 32.1. The average molecular weight is 413 g/mol. The van der Waals surface area contributed by atoms with Crippen LogP contribution in [0.1, 0.15) is 28.4 Å². The molecule has 0 saturated carbocycles. The molecule has 0 radical (unpaired) electrons. The van der Waals surface area contributed by atoms with E-state index in [-0.39, 0.29) is 17.4 Å². The first-order valence-corrected chi connectivity index (χ1v) is 9.93. The van der Waals surface area contributed by atoms with Crippen LogP contribution in [-0.2, 0) is 6.54 Å². The third-order valence-electron chi connectivity index (χ3n) is 5.64. The second kappa shape index (κ2) is 7.87. The largest absolute Gasteiger partial charge is 0.496 e. The van der Waals surface area contributed by atoms with Gasteiger partial charge in [-0.1, -0.05) is 12.1 Å². The summed E-state index contributed by atoms with van der Waals surface area (Å²) in [7, 11) is 3.02. The van der Waals surface area contributed by atoms with E-state index in [1.54, 1.807) is 24.3 Å². The number of amides is 1. The Morgan fingerprint density at radius 1 is 1.07 bits per heavy atom. The van der Waals surface area contributed by atoms with E-state index in [9.17, 15) is 9.59 Å². The second-order valence-corrected chi connectivity index (χ2v) is 7.79. The van der Waals surface area contributed by atoms with E-state index < -0.39 is 0 Å². The van der Waals surface area contributed by atoms with Gasteiger partial charge < -0.3 is 18.9 Å². The lowest BCUT2D eigenvalue weighted by Gasteiger charge is -2.43.